The molecule has 2 aliphatic carbocycles. The number of phenolic OH excluding ortho intramolecular Hbond substituents is 1. The summed E-state index contributed by atoms with van der Waals surface area (Å²) in [5, 5.41) is 24.0. The second kappa shape index (κ2) is 4.74. The van der Waals surface area contributed by atoms with Crippen LogP contribution in [0.25, 0.3) is 0 Å². The van der Waals surface area contributed by atoms with Gasteiger partial charge in [-0.25, -0.2) is 0 Å². The molecule has 4 rings (SSSR count). The van der Waals surface area contributed by atoms with Crippen molar-refractivity contribution in [2.24, 2.45) is 11.8 Å². The minimum absolute atomic E-state index is 0.192. The molecular formula is C18H23NO3. The molecule has 0 amide bonds. The lowest BCUT2D eigenvalue weighted by Crippen LogP contribution is -2.56. The number of benzene rings is 1. The number of aromatic hydroxyl groups is 1. The molecule has 0 aromatic heterocycles. The molecule has 118 valence electrons. The Morgan fingerprint density at radius 1 is 1.36 bits per heavy atom. The standard InChI is InChI=1S/C18H23NO3/c1-10-9-11-3-5-13(20)16-15(11)18(7-8-19-2)12(10)4-6-14(21)17(18)22-16/h3-6,10,12,14,17,19-21H,7-9H2,1-2H3. The second-order valence-corrected chi connectivity index (χ2v) is 6.96. The van der Waals surface area contributed by atoms with E-state index in [-0.39, 0.29) is 17.3 Å². The third-order valence-electron chi connectivity index (χ3n) is 5.81. The molecule has 0 saturated carbocycles. The van der Waals surface area contributed by atoms with E-state index in [4.69, 9.17) is 4.74 Å². The van der Waals surface area contributed by atoms with Crippen LogP contribution in [0, 0.1) is 11.8 Å². The highest BCUT2D eigenvalue weighted by Gasteiger charge is 2.61. The van der Waals surface area contributed by atoms with E-state index in [0.29, 0.717) is 17.6 Å². The quantitative estimate of drug-likeness (QED) is 0.744. The van der Waals surface area contributed by atoms with Crippen LogP contribution in [0.3, 0.4) is 0 Å². The van der Waals surface area contributed by atoms with Gasteiger partial charge in [-0.1, -0.05) is 25.1 Å². The Hall–Kier alpha value is -1.52. The Balaban J connectivity index is 1.98. The first-order valence-electron chi connectivity index (χ1n) is 8.12. The topological polar surface area (TPSA) is 61.7 Å². The van der Waals surface area contributed by atoms with Gasteiger partial charge < -0.3 is 20.3 Å². The SMILES string of the molecule is CNCCC12c3c4ccc(O)c3OC1C(O)C=CC2C(C)C4. The maximum absolute atomic E-state index is 10.5. The molecule has 3 N–H and O–H groups in total. The Labute approximate surface area is 130 Å². The van der Waals surface area contributed by atoms with E-state index in [0.717, 1.165) is 24.9 Å². The van der Waals surface area contributed by atoms with Crippen molar-refractivity contribution in [2.45, 2.75) is 37.4 Å². The summed E-state index contributed by atoms with van der Waals surface area (Å²) in [6.07, 6.45) is 5.00. The number of ether oxygens (including phenoxy) is 1. The predicted molar refractivity (Wildman–Crippen MR) is 84.2 cm³/mol. The fourth-order valence-corrected chi connectivity index (χ4v) is 4.96. The molecule has 5 unspecified atom stereocenters. The minimum atomic E-state index is -0.627. The van der Waals surface area contributed by atoms with Crippen LogP contribution in [0.2, 0.25) is 0 Å². The summed E-state index contributed by atoms with van der Waals surface area (Å²) in [4.78, 5) is 0. The predicted octanol–water partition coefficient (Wildman–Crippen LogP) is 1.74. The molecule has 4 heteroatoms. The Morgan fingerprint density at radius 2 is 2.18 bits per heavy atom. The first kappa shape index (κ1) is 14.1. The number of phenols is 1. The molecule has 0 bridgehead atoms. The number of aliphatic hydroxyl groups excluding tert-OH is 1. The van der Waals surface area contributed by atoms with Crippen LogP contribution < -0.4 is 10.1 Å². The van der Waals surface area contributed by atoms with Gasteiger partial charge >= 0.3 is 0 Å². The molecule has 1 aromatic rings. The first-order chi connectivity index (χ1) is 10.6. The molecule has 0 fully saturated rings. The van der Waals surface area contributed by atoms with Gasteiger partial charge in [-0.05, 0) is 49.9 Å². The maximum Gasteiger partial charge on any atom is 0.165 e. The first-order valence-corrected chi connectivity index (χ1v) is 8.12. The van der Waals surface area contributed by atoms with Crippen molar-refractivity contribution in [1.82, 2.24) is 5.32 Å². The average molecular weight is 301 g/mol. The van der Waals surface area contributed by atoms with Crippen molar-refractivity contribution in [3.8, 4) is 11.5 Å². The second-order valence-electron chi connectivity index (χ2n) is 6.96. The van der Waals surface area contributed by atoms with Crippen LogP contribution in [-0.4, -0.2) is 36.0 Å². The van der Waals surface area contributed by atoms with E-state index in [2.05, 4.69) is 18.3 Å². The Bertz CT molecular complexity index is 641. The van der Waals surface area contributed by atoms with Crippen molar-refractivity contribution in [2.75, 3.05) is 13.6 Å². The summed E-state index contributed by atoms with van der Waals surface area (Å²) in [5.74, 6) is 1.62. The zero-order chi connectivity index (χ0) is 15.5. The summed E-state index contributed by atoms with van der Waals surface area (Å²) in [5.41, 5.74) is 2.16. The van der Waals surface area contributed by atoms with Gasteiger partial charge in [-0.15, -0.1) is 0 Å². The van der Waals surface area contributed by atoms with Crippen molar-refractivity contribution >= 4 is 0 Å². The van der Waals surface area contributed by atoms with Crippen molar-refractivity contribution in [3.05, 3.63) is 35.4 Å². The van der Waals surface area contributed by atoms with Gasteiger partial charge in [0.2, 0.25) is 0 Å². The van der Waals surface area contributed by atoms with Gasteiger partial charge in [-0.3, -0.25) is 0 Å². The lowest BCUT2D eigenvalue weighted by Gasteiger charge is -2.49. The Morgan fingerprint density at radius 3 is 2.95 bits per heavy atom. The van der Waals surface area contributed by atoms with E-state index in [1.54, 1.807) is 6.07 Å². The highest BCUT2D eigenvalue weighted by Crippen LogP contribution is 2.61. The van der Waals surface area contributed by atoms with Crippen molar-refractivity contribution in [3.63, 3.8) is 0 Å². The molecule has 3 aliphatic rings. The summed E-state index contributed by atoms with van der Waals surface area (Å²) in [6, 6.07) is 3.75. The smallest absolute Gasteiger partial charge is 0.165 e. The monoisotopic (exact) mass is 301 g/mol. The van der Waals surface area contributed by atoms with Gasteiger partial charge in [0.15, 0.2) is 11.5 Å². The zero-order valence-electron chi connectivity index (χ0n) is 13.0. The Kier molecular flexibility index (Phi) is 3.03. The maximum atomic E-state index is 10.5. The van der Waals surface area contributed by atoms with E-state index >= 15 is 0 Å². The highest BCUT2D eigenvalue weighted by molar-refractivity contribution is 5.60. The van der Waals surface area contributed by atoms with E-state index in [1.165, 1.54) is 5.56 Å². The lowest BCUT2D eigenvalue weighted by molar-refractivity contribution is -0.00993. The van der Waals surface area contributed by atoms with Gasteiger partial charge in [0.1, 0.15) is 12.2 Å². The fourth-order valence-electron chi connectivity index (χ4n) is 4.96. The van der Waals surface area contributed by atoms with E-state index < -0.39 is 6.10 Å². The number of allylic oxidation sites excluding steroid dienone is 1. The molecule has 1 aromatic carbocycles. The molecule has 0 spiro atoms. The van der Waals surface area contributed by atoms with Gasteiger partial charge in [0.25, 0.3) is 0 Å². The fraction of sp³-hybridized carbons (Fsp3) is 0.556. The van der Waals surface area contributed by atoms with Gasteiger partial charge in [0.05, 0.1) is 0 Å². The van der Waals surface area contributed by atoms with E-state index in [1.807, 2.05) is 19.2 Å². The number of rotatable bonds is 3. The van der Waals surface area contributed by atoms with Crippen LogP contribution >= 0.6 is 0 Å². The number of aliphatic hydroxyl groups is 1. The molecular weight excluding hydrogens is 278 g/mol. The molecule has 4 nitrogen and oxygen atoms in total. The average Bonchev–Trinajstić information content (AvgIpc) is 2.86. The minimum Gasteiger partial charge on any atom is -0.504 e. The summed E-state index contributed by atoms with van der Waals surface area (Å²) >= 11 is 0. The van der Waals surface area contributed by atoms with E-state index in [9.17, 15) is 10.2 Å². The summed E-state index contributed by atoms with van der Waals surface area (Å²) < 4.78 is 6.11. The van der Waals surface area contributed by atoms with Gasteiger partial charge in [-0.2, -0.15) is 0 Å². The van der Waals surface area contributed by atoms with Gasteiger partial charge in [0, 0.05) is 11.0 Å². The van der Waals surface area contributed by atoms with Crippen molar-refractivity contribution in [1.29, 1.82) is 0 Å². The number of hydrogen-bond donors (Lipinski definition) is 3. The third-order valence-corrected chi connectivity index (χ3v) is 5.81. The summed E-state index contributed by atoms with van der Waals surface area (Å²) in [7, 11) is 1.95. The molecule has 0 radical (unpaired) electrons. The van der Waals surface area contributed by atoms with Crippen LogP contribution in [0.1, 0.15) is 24.5 Å². The number of hydrogen-bond acceptors (Lipinski definition) is 4. The lowest BCUT2D eigenvalue weighted by atomic mass is 9.54. The largest absolute Gasteiger partial charge is 0.504 e. The van der Waals surface area contributed by atoms with Crippen LogP contribution in [0.5, 0.6) is 11.5 Å². The third kappa shape index (κ3) is 1.60. The molecule has 1 aliphatic heterocycles. The number of nitrogens with one attached hydrogen (secondary N) is 1. The highest BCUT2D eigenvalue weighted by atomic mass is 16.5. The van der Waals surface area contributed by atoms with Crippen LogP contribution in [-0.2, 0) is 11.8 Å². The molecule has 1 heterocycles. The van der Waals surface area contributed by atoms with Crippen LogP contribution in [0.15, 0.2) is 24.3 Å². The van der Waals surface area contributed by atoms with Crippen molar-refractivity contribution < 1.29 is 14.9 Å². The zero-order valence-corrected chi connectivity index (χ0v) is 13.0. The molecule has 0 saturated heterocycles. The molecule has 22 heavy (non-hydrogen) atoms. The normalized spacial score (nSPS) is 37.8. The summed E-state index contributed by atoms with van der Waals surface area (Å²) in [6.45, 7) is 3.14. The van der Waals surface area contributed by atoms with Crippen LogP contribution in [0.4, 0.5) is 0 Å². The molecule has 5 atom stereocenters.